The number of hydrogen-bond donors (Lipinski definition) is 2. The predicted octanol–water partition coefficient (Wildman–Crippen LogP) is 4.21. The van der Waals surface area contributed by atoms with E-state index in [0.29, 0.717) is 22.7 Å². The fraction of sp³-hybridized carbons (Fsp3) is 0.136. The second-order valence-corrected chi connectivity index (χ2v) is 6.44. The van der Waals surface area contributed by atoms with Crippen LogP contribution in [0.2, 0.25) is 0 Å². The number of nitrogens with one attached hydrogen (secondary N) is 2. The number of carbonyl (C=O) groups excluding carboxylic acids is 2. The fourth-order valence-corrected chi connectivity index (χ4v) is 2.64. The van der Waals surface area contributed by atoms with E-state index in [2.05, 4.69) is 15.6 Å². The lowest BCUT2D eigenvalue weighted by Crippen LogP contribution is -2.16. The second kappa shape index (κ2) is 8.35. The fourth-order valence-electron chi connectivity index (χ4n) is 2.64. The Kier molecular flexibility index (Phi) is 5.69. The molecule has 0 unspecified atom stereocenters. The molecule has 0 aliphatic rings. The number of ether oxygens (including phenoxy) is 1. The first-order valence-electron chi connectivity index (χ1n) is 8.75. The van der Waals surface area contributed by atoms with Gasteiger partial charge in [0.25, 0.3) is 11.8 Å². The van der Waals surface area contributed by atoms with E-state index in [4.69, 9.17) is 4.74 Å². The molecule has 0 bridgehead atoms. The van der Waals surface area contributed by atoms with Gasteiger partial charge in [0.2, 0.25) is 0 Å². The third kappa shape index (κ3) is 4.54. The zero-order valence-electron chi connectivity index (χ0n) is 15.9. The monoisotopic (exact) mass is 375 g/mol. The molecule has 0 aliphatic carbocycles. The predicted molar refractivity (Wildman–Crippen MR) is 109 cm³/mol. The van der Waals surface area contributed by atoms with Crippen LogP contribution in [0.1, 0.15) is 31.8 Å². The van der Waals surface area contributed by atoms with Crippen molar-refractivity contribution < 1.29 is 14.3 Å². The maximum Gasteiger partial charge on any atom is 0.257 e. The Bertz CT molecular complexity index is 1010. The number of amides is 2. The highest BCUT2D eigenvalue weighted by Gasteiger charge is 2.14. The van der Waals surface area contributed by atoms with E-state index in [1.807, 2.05) is 50.2 Å². The van der Waals surface area contributed by atoms with Crippen LogP contribution in [0.5, 0.6) is 5.75 Å². The van der Waals surface area contributed by atoms with E-state index in [1.54, 1.807) is 6.07 Å². The Morgan fingerprint density at radius 3 is 2.07 bits per heavy atom. The number of rotatable bonds is 5. The maximum absolute atomic E-state index is 12.6. The standard InChI is InChI=1S/C22H21N3O3/c1-14-4-7-18(8-5-14)24-21(26)16-11-17(13-23-12-16)22(27)25-19-10-15(2)6-9-20(19)28-3/h4-13H,1-3H3,(H,24,26)(H,25,27). The molecule has 1 aromatic heterocycles. The molecular formula is C22H21N3O3. The van der Waals surface area contributed by atoms with Crippen molar-refractivity contribution >= 4 is 23.2 Å². The summed E-state index contributed by atoms with van der Waals surface area (Å²) in [4.78, 5) is 29.1. The summed E-state index contributed by atoms with van der Waals surface area (Å²) in [7, 11) is 1.54. The first-order valence-corrected chi connectivity index (χ1v) is 8.75. The van der Waals surface area contributed by atoms with Crippen LogP contribution in [0.15, 0.2) is 60.9 Å². The van der Waals surface area contributed by atoms with Gasteiger partial charge in [-0.25, -0.2) is 0 Å². The Hall–Kier alpha value is -3.67. The molecule has 0 radical (unpaired) electrons. The molecule has 0 spiro atoms. The van der Waals surface area contributed by atoms with Crippen molar-refractivity contribution in [2.24, 2.45) is 0 Å². The van der Waals surface area contributed by atoms with Crippen molar-refractivity contribution in [3.63, 3.8) is 0 Å². The van der Waals surface area contributed by atoms with Crippen LogP contribution in [0.4, 0.5) is 11.4 Å². The molecule has 28 heavy (non-hydrogen) atoms. The van der Waals surface area contributed by atoms with Crippen molar-refractivity contribution in [1.82, 2.24) is 4.98 Å². The van der Waals surface area contributed by atoms with Crippen LogP contribution in [-0.4, -0.2) is 23.9 Å². The van der Waals surface area contributed by atoms with E-state index < -0.39 is 0 Å². The Morgan fingerprint density at radius 2 is 1.43 bits per heavy atom. The maximum atomic E-state index is 12.6. The average Bonchev–Trinajstić information content (AvgIpc) is 2.70. The number of carbonyl (C=O) groups is 2. The zero-order chi connectivity index (χ0) is 20.1. The van der Waals surface area contributed by atoms with Gasteiger partial charge < -0.3 is 15.4 Å². The lowest BCUT2D eigenvalue weighted by Gasteiger charge is -2.11. The highest BCUT2D eigenvalue weighted by molar-refractivity contribution is 6.08. The van der Waals surface area contributed by atoms with Gasteiger partial charge in [0.15, 0.2) is 0 Å². The summed E-state index contributed by atoms with van der Waals surface area (Å²) in [6, 6.07) is 14.5. The zero-order valence-corrected chi connectivity index (χ0v) is 15.9. The minimum Gasteiger partial charge on any atom is -0.495 e. The normalized spacial score (nSPS) is 10.2. The van der Waals surface area contributed by atoms with Gasteiger partial charge in [-0.15, -0.1) is 0 Å². The molecular weight excluding hydrogens is 354 g/mol. The molecule has 0 fully saturated rings. The number of aryl methyl sites for hydroxylation is 2. The van der Waals surface area contributed by atoms with Gasteiger partial charge in [-0.2, -0.15) is 0 Å². The molecule has 3 rings (SSSR count). The van der Waals surface area contributed by atoms with Crippen molar-refractivity contribution in [3.05, 3.63) is 83.2 Å². The second-order valence-electron chi connectivity index (χ2n) is 6.44. The number of pyridine rings is 1. The molecule has 2 N–H and O–H groups in total. The number of hydrogen-bond acceptors (Lipinski definition) is 4. The Labute approximate surface area is 163 Å². The van der Waals surface area contributed by atoms with Crippen LogP contribution in [0.25, 0.3) is 0 Å². The molecule has 2 aromatic carbocycles. The minimum atomic E-state index is -0.374. The molecule has 6 heteroatoms. The largest absolute Gasteiger partial charge is 0.495 e. The van der Waals surface area contributed by atoms with Crippen molar-refractivity contribution in [2.75, 3.05) is 17.7 Å². The van der Waals surface area contributed by atoms with Crippen LogP contribution in [0.3, 0.4) is 0 Å². The number of benzene rings is 2. The number of anilines is 2. The van der Waals surface area contributed by atoms with Crippen molar-refractivity contribution in [1.29, 1.82) is 0 Å². The van der Waals surface area contributed by atoms with Crippen LogP contribution >= 0.6 is 0 Å². The topological polar surface area (TPSA) is 80.3 Å². The quantitative estimate of drug-likeness (QED) is 0.700. The third-order valence-electron chi connectivity index (χ3n) is 4.18. The molecule has 0 saturated heterocycles. The minimum absolute atomic E-state index is 0.278. The van der Waals surface area contributed by atoms with Crippen LogP contribution in [0, 0.1) is 13.8 Å². The van der Waals surface area contributed by atoms with E-state index in [1.165, 1.54) is 25.6 Å². The lowest BCUT2D eigenvalue weighted by molar-refractivity contribution is 0.102. The van der Waals surface area contributed by atoms with Gasteiger partial charge in [0.1, 0.15) is 5.75 Å². The van der Waals surface area contributed by atoms with Gasteiger partial charge in [-0.1, -0.05) is 23.8 Å². The third-order valence-corrected chi connectivity index (χ3v) is 4.18. The van der Waals surface area contributed by atoms with Crippen LogP contribution < -0.4 is 15.4 Å². The number of methoxy groups -OCH3 is 1. The molecule has 142 valence electrons. The summed E-state index contributed by atoms with van der Waals surface area (Å²) < 4.78 is 5.28. The highest BCUT2D eigenvalue weighted by Crippen LogP contribution is 2.25. The molecule has 6 nitrogen and oxygen atoms in total. The summed E-state index contributed by atoms with van der Waals surface area (Å²) in [5.41, 5.74) is 3.90. The molecule has 0 aliphatic heterocycles. The first-order chi connectivity index (χ1) is 13.5. The molecule has 3 aromatic rings. The van der Waals surface area contributed by atoms with Crippen molar-refractivity contribution in [2.45, 2.75) is 13.8 Å². The summed E-state index contributed by atoms with van der Waals surface area (Å²) in [6.45, 7) is 3.90. The Balaban J connectivity index is 1.77. The van der Waals surface area contributed by atoms with Crippen LogP contribution in [-0.2, 0) is 0 Å². The first kappa shape index (κ1) is 19.1. The van der Waals surface area contributed by atoms with Crippen molar-refractivity contribution in [3.8, 4) is 5.75 Å². The van der Waals surface area contributed by atoms with Gasteiger partial charge in [-0.05, 0) is 49.7 Å². The molecule has 1 heterocycles. The van der Waals surface area contributed by atoms with E-state index in [0.717, 1.165) is 11.1 Å². The van der Waals surface area contributed by atoms with Gasteiger partial charge in [0, 0.05) is 18.1 Å². The number of nitrogens with zero attached hydrogens (tertiary/aromatic N) is 1. The Morgan fingerprint density at radius 1 is 0.821 bits per heavy atom. The summed E-state index contributed by atoms with van der Waals surface area (Å²) in [5, 5.41) is 5.60. The molecule has 0 atom stereocenters. The van der Waals surface area contributed by atoms with Gasteiger partial charge >= 0.3 is 0 Å². The van der Waals surface area contributed by atoms with E-state index >= 15 is 0 Å². The summed E-state index contributed by atoms with van der Waals surface area (Å²) >= 11 is 0. The van der Waals surface area contributed by atoms with Gasteiger partial charge in [-0.3, -0.25) is 14.6 Å². The average molecular weight is 375 g/mol. The summed E-state index contributed by atoms with van der Waals surface area (Å²) in [5.74, 6) is -0.152. The SMILES string of the molecule is COc1ccc(C)cc1NC(=O)c1cncc(C(=O)Nc2ccc(C)cc2)c1. The lowest BCUT2D eigenvalue weighted by atomic mass is 10.1. The van der Waals surface area contributed by atoms with E-state index in [9.17, 15) is 9.59 Å². The highest BCUT2D eigenvalue weighted by atomic mass is 16.5. The number of aromatic nitrogens is 1. The summed E-state index contributed by atoms with van der Waals surface area (Å²) in [6.07, 6.45) is 2.84. The smallest absolute Gasteiger partial charge is 0.257 e. The molecule has 2 amide bonds. The van der Waals surface area contributed by atoms with Gasteiger partial charge in [0.05, 0.1) is 23.9 Å². The van der Waals surface area contributed by atoms with E-state index in [-0.39, 0.29) is 17.4 Å². The molecule has 0 saturated carbocycles.